The summed E-state index contributed by atoms with van der Waals surface area (Å²) in [6.07, 6.45) is 8.75. The van der Waals surface area contributed by atoms with Crippen LogP contribution in [0.5, 0.6) is 0 Å². The van der Waals surface area contributed by atoms with Crippen LogP contribution in [-0.4, -0.2) is 106 Å². The first-order valence-electron chi connectivity index (χ1n) is 18.1. The molecule has 6 amide bonds. The third-order valence-electron chi connectivity index (χ3n) is 9.69. The number of ether oxygens (including phenoxy) is 1. The molecule has 14 nitrogen and oxygen atoms in total. The van der Waals surface area contributed by atoms with E-state index in [9.17, 15) is 28.8 Å². The maximum Gasteiger partial charge on any atom is 0.410 e. The molecule has 0 spiro atoms. The number of carbonyl (C=O) groups excluding carboxylic acids is 6. The number of primary amides is 1. The van der Waals surface area contributed by atoms with Crippen molar-refractivity contribution in [2.24, 2.45) is 17.6 Å². The van der Waals surface area contributed by atoms with Gasteiger partial charge < -0.3 is 41.3 Å². The van der Waals surface area contributed by atoms with E-state index in [1.165, 1.54) is 4.90 Å². The Morgan fingerprint density at radius 2 is 1.51 bits per heavy atom. The Kier molecular flexibility index (Phi) is 14.3. The number of nitrogens with zero attached hydrogens (tertiary/aromatic N) is 2. The van der Waals surface area contributed by atoms with Crippen LogP contribution in [0.4, 0.5) is 9.59 Å². The zero-order chi connectivity index (χ0) is 36.5. The number of likely N-dealkylation sites (tertiary alicyclic amines) is 2. The summed E-state index contributed by atoms with van der Waals surface area (Å²) < 4.78 is 5.44. The monoisotopic (exact) mass is 692 g/mol. The number of amides is 6. The largest absolute Gasteiger partial charge is 0.444 e. The minimum atomic E-state index is -1.09. The van der Waals surface area contributed by atoms with Crippen molar-refractivity contribution in [3.8, 4) is 0 Å². The lowest BCUT2D eigenvalue weighted by molar-refractivity contribution is -0.143. The van der Waals surface area contributed by atoms with Crippen LogP contribution in [0.25, 0.3) is 0 Å². The number of carbonyl (C=O) groups is 6. The molecule has 14 heteroatoms. The molecule has 4 atom stereocenters. The molecule has 4 rings (SSSR count). The minimum absolute atomic E-state index is 0.0720. The highest BCUT2D eigenvalue weighted by atomic mass is 16.6. The molecule has 0 aromatic carbocycles. The van der Waals surface area contributed by atoms with E-state index in [2.05, 4.69) is 16.0 Å². The molecule has 6 N–H and O–H groups in total. The van der Waals surface area contributed by atoms with E-state index in [1.807, 2.05) is 6.92 Å². The Bertz CT molecular complexity index is 1190. The number of Topliss-reactive ketones (excluding diaryl/α,β-unsaturated/α-hetero) is 1. The van der Waals surface area contributed by atoms with Crippen LogP contribution in [0, 0.1) is 11.8 Å². The van der Waals surface area contributed by atoms with Crippen LogP contribution in [0.1, 0.15) is 119 Å². The number of nitrogens with two attached hydrogens (primary N) is 1. The van der Waals surface area contributed by atoms with Crippen LogP contribution >= 0.6 is 0 Å². The van der Waals surface area contributed by atoms with Gasteiger partial charge in [0.05, 0.1) is 11.6 Å². The molecule has 0 aromatic rings. The summed E-state index contributed by atoms with van der Waals surface area (Å²) >= 11 is 0. The van der Waals surface area contributed by atoms with Crippen molar-refractivity contribution in [2.75, 3.05) is 19.6 Å². The quantitative estimate of drug-likeness (QED) is 0.204. The summed E-state index contributed by atoms with van der Waals surface area (Å²) in [5.74, 6) is -2.52. The first-order chi connectivity index (χ1) is 22.9. The lowest BCUT2D eigenvalue weighted by Gasteiger charge is -2.35. The van der Waals surface area contributed by atoms with Crippen molar-refractivity contribution < 1.29 is 38.6 Å². The maximum atomic E-state index is 14.0. The highest BCUT2D eigenvalue weighted by molar-refractivity contribution is 6.37. The zero-order valence-electron chi connectivity index (χ0n) is 30.3. The number of ketones is 1. The van der Waals surface area contributed by atoms with Crippen LogP contribution < -0.4 is 21.7 Å². The van der Waals surface area contributed by atoms with Crippen LogP contribution in [0.3, 0.4) is 0 Å². The van der Waals surface area contributed by atoms with Gasteiger partial charge in [-0.2, -0.15) is 0 Å². The van der Waals surface area contributed by atoms with Gasteiger partial charge in [0, 0.05) is 25.7 Å². The molecule has 0 aromatic heterocycles. The number of hydrogen-bond acceptors (Lipinski definition) is 8. The van der Waals surface area contributed by atoms with E-state index in [4.69, 9.17) is 15.6 Å². The Balaban J connectivity index is 0.000000992. The number of nitrogens with one attached hydrogen (secondary N) is 3. The van der Waals surface area contributed by atoms with Crippen molar-refractivity contribution in [3.05, 3.63) is 0 Å². The minimum Gasteiger partial charge on any atom is -0.444 e. The number of rotatable bonds is 11. The Morgan fingerprint density at radius 1 is 0.878 bits per heavy atom. The van der Waals surface area contributed by atoms with Gasteiger partial charge in [-0.15, -0.1) is 0 Å². The Labute approximate surface area is 291 Å². The van der Waals surface area contributed by atoms with Crippen molar-refractivity contribution in [3.63, 3.8) is 0 Å². The van der Waals surface area contributed by atoms with Gasteiger partial charge in [-0.1, -0.05) is 39.0 Å². The first kappa shape index (κ1) is 40.0. The molecule has 2 aliphatic carbocycles. The van der Waals surface area contributed by atoms with E-state index in [0.29, 0.717) is 45.3 Å². The molecule has 2 saturated heterocycles. The van der Waals surface area contributed by atoms with Gasteiger partial charge in [-0.25, -0.2) is 9.59 Å². The molecular weight excluding hydrogens is 632 g/mol. The predicted molar refractivity (Wildman–Crippen MR) is 183 cm³/mol. The average molecular weight is 693 g/mol. The van der Waals surface area contributed by atoms with Gasteiger partial charge in [0.2, 0.25) is 17.6 Å². The van der Waals surface area contributed by atoms with Crippen molar-refractivity contribution >= 4 is 35.6 Å². The number of urea groups is 1. The molecule has 0 radical (unpaired) electrons. The summed E-state index contributed by atoms with van der Waals surface area (Å²) in [7, 11) is 0. The molecule has 278 valence electrons. The summed E-state index contributed by atoms with van der Waals surface area (Å²) in [5, 5.41) is 17.4. The molecule has 2 saturated carbocycles. The highest BCUT2D eigenvalue weighted by Crippen LogP contribution is 2.34. The van der Waals surface area contributed by atoms with Gasteiger partial charge in [0.15, 0.2) is 0 Å². The van der Waals surface area contributed by atoms with E-state index < -0.39 is 59.0 Å². The average Bonchev–Trinajstić information content (AvgIpc) is 3.49. The number of aliphatic hydroxyl groups is 1. The van der Waals surface area contributed by atoms with E-state index >= 15 is 0 Å². The molecule has 4 unspecified atom stereocenters. The molecule has 2 aliphatic heterocycles. The second-order valence-electron chi connectivity index (χ2n) is 15.7. The summed E-state index contributed by atoms with van der Waals surface area (Å²) in [6.45, 7) is 12.1. The second-order valence-corrected chi connectivity index (χ2v) is 15.7. The normalized spacial score (nSPS) is 22.7. The molecule has 4 aliphatic rings. The van der Waals surface area contributed by atoms with Crippen LogP contribution in [0.2, 0.25) is 0 Å². The number of hydrogen-bond donors (Lipinski definition) is 5. The van der Waals surface area contributed by atoms with E-state index in [1.54, 1.807) is 39.5 Å². The Morgan fingerprint density at radius 3 is 2.06 bits per heavy atom. The molecule has 2 heterocycles. The van der Waals surface area contributed by atoms with Gasteiger partial charge in [0.1, 0.15) is 17.7 Å². The van der Waals surface area contributed by atoms with Crippen LogP contribution in [0.15, 0.2) is 0 Å². The fourth-order valence-corrected chi connectivity index (χ4v) is 6.43. The standard InChI is InChI=1S/C30H48N6O7.C5H12O/c1-30(2,3)43-29(42)35-15-13-20(17-35)32-28(41)34-23(19-8-5-4-6-9-19)27(40)36-14-7-10-22(36)26(39)33-21(16-18-11-12-18)24(37)25(31)38;1-4-5(2,3)6/h18-23H,4-17H2,1-3H3,(H2,31,38)(H,33,39)(H2,32,34,41);6H,4H2,1-3H3. The maximum absolute atomic E-state index is 14.0. The lowest BCUT2D eigenvalue weighted by Crippen LogP contribution is -2.59. The van der Waals surface area contributed by atoms with Gasteiger partial charge in [-0.05, 0) is 91.4 Å². The van der Waals surface area contributed by atoms with E-state index in [-0.39, 0.29) is 23.8 Å². The van der Waals surface area contributed by atoms with Gasteiger partial charge in [-0.3, -0.25) is 19.2 Å². The highest BCUT2D eigenvalue weighted by Gasteiger charge is 2.42. The SMILES string of the molecule is CC(C)(C)OC(=O)N1CCC(NC(=O)NC(C(=O)N2CCCC2C(=O)NC(CC2CC2)C(=O)C(N)=O)C2CCCCC2)C1.CCC(C)(C)O. The summed E-state index contributed by atoms with van der Waals surface area (Å²) in [6, 6.07) is -3.39. The van der Waals surface area contributed by atoms with Crippen molar-refractivity contribution in [2.45, 2.75) is 154 Å². The molecule has 0 bridgehead atoms. The zero-order valence-corrected chi connectivity index (χ0v) is 30.3. The van der Waals surface area contributed by atoms with Crippen molar-refractivity contribution in [1.29, 1.82) is 0 Å². The van der Waals surface area contributed by atoms with Gasteiger partial charge >= 0.3 is 12.1 Å². The second kappa shape index (κ2) is 17.5. The topological polar surface area (TPSA) is 200 Å². The van der Waals surface area contributed by atoms with E-state index in [0.717, 1.165) is 51.4 Å². The molecule has 49 heavy (non-hydrogen) atoms. The summed E-state index contributed by atoms with van der Waals surface area (Å²) in [5.41, 5.74) is 4.16. The summed E-state index contributed by atoms with van der Waals surface area (Å²) in [4.78, 5) is 80.1. The van der Waals surface area contributed by atoms with Crippen LogP contribution in [-0.2, 0) is 23.9 Å². The molecule has 4 fully saturated rings. The third-order valence-corrected chi connectivity index (χ3v) is 9.69. The fourth-order valence-electron chi connectivity index (χ4n) is 6.43. The Hall–Kier alpha value is -3.42. The van der Waals surface area contributed by atoms with Gasteiger partial charge in [0.25, 0.3) is 5.91 Å². The third kappa shape index (κ3) is 13.1. The predicted octanol–water partition coefficient (Wildman–Crippen LogP) is 2.74. The smallest absolute Gasteiger partial charge is 0.410 e. The van der Waals surface area contributed by atoms with Crippen molar-refractivity contribution in [1.82, 2.24) is 25.8 Å². The lowest BCUT2D eigenvalue weighted by atomic mass is 9.83. The first-order valence-corrected chi connectivity index (χ1v) is 18.1. The fraction of sp³-hybridized carbons (Fsp3) is 0.829. The molecular formula is C35H60N6O8.